The molecule has 0 atom stereocenters. The van der Waals surface area contributed by atoms with Crippen molar-refractivity contribution >= 4 is 27.3 Å². The van der Waals surface area contributed by atoms with Crippen LogP contribution in [0.15, 0.2) is 29.0 Å². The lowest BCUT2D eigenvalue weighted by atomic mass is 10.2. The van der Waals surface area contributed by atoms with Crippen molar-refractivity contribution in [2.45, 2.75) is 20.0 Å². The molecule has 0 bridgehead atoms. The number of nitrogens with one attached hydrogen (secondary N) is 1. The van der Waals surface area contributed by atoms with Crippen molar-refractivity contribution in [3.63, 3.8) is 0 Å². The first-order valence-electron chi connectivity index (χ1n) is 5.66. The first-order chi connectivity index (χ1) is 9.11. The average Bonchev–Trinajstić information content (AvgIpc) is 2.83. The number of halogens is 1. The number of nitrogens with zero attached hydrogens (tertiary/aromatic N) is 4. The van der Waals surface area contributed by atoms with Gasteiger partial charge in [-0.05, 0) is 19.1 Å². The third-order valence-electron chi connectivity index (χ3n) is 2.63. The van der Waals surface area contributed by atoms with Gasteiger partial charge in [0.1, 0.15) is 12.0 Å². The maximum absolute atomic E-state index is 10.9. The smallest absolute Gasteiger partial charge is 0.292 e. The number of nitro groups is 1. The van der Waals surface area contributed by atoms with Gasteiger partial charge < -0.3 is 9.88 Å². The van der Waals surface area contributed by atoms with E-state index in [1.807, 2.05) is 11.5 Å². The topological polar surface area (TPSA) is 85.9 Å². The number of rotatable bonds is 5. The van der Waals surface area contributed by atoms with Crippen molar-refractivity contribution < 1.29 is 4.92 Å². The Morgan fingerprint density at radius 3 is 3.00 bits per heavy atom. The Hall–Kier alpha value is -1.96. The van der Waals surface area contributed by atoms with Crippen LogP contribution in [0.3, 0.4) is 0 Å². The van der Waals surface area contributed by atoms with Crippen LogP contribution >= 0.6 is 15.9 Å². The van der Waals surface area contributed by atoms with E-state index >= 15 is 0 Å². The standard InChI is InChI=1S/C11H12BrN5O2/c1-2-16-7-14-15-11(16)6-13-9-5-8(12)3-4-10(9)17(18)19/h3-5,7,13H,2,6H2,1H3. The quantitative estimate of drug-likeness (QED) is 0.674. The molecule has 19 heavy (non-hydrogen) atoms. The second kappa shape index (κ2) is 5.79. The molecule has 0 saturated carbocycles. The zero-order valence-corrected chi connectivity index (χ0v) is 11.8. The number of hydrogen-bond donors (Lipinski definition) is 1. The van der Waals surface area contributed by atoms with Gasteiger partial charge in [0.2, 0.25) is 0 Å². The average molecular weight is 326 g/mol. The third-order valence-corrected chi connectivity index (χ3v) is 3.12. The molecular formula is C11H12BrN5O2. The minimum atomic E-state index is -0.417. The Kier molecular flexibility index (Phi) is 4.10. The van der Waals surface area contributed by atoms with Crippen LogP contribution in [0.2, 0.25) is 0 Å². The normalized spacial score (nSPS) is 10.4. The minimum absolute atomic E-state index is 0.0331. The molecule has 0 aliphatic carbocycles. The van der Waals surface area contributed by atoms with Gasteiger partial charge in [-0.25, -0.2) is 0 Å². The zero-order valence-electron chi connectivity index (χ0n) is 10.2. The zero-order chi connectivity index (χ0) is 13.8. The van der Waals surface area contributed by atoms with E-state index in [1.54, 1.807) is 18.5 Å². The molecular weight excluding hydrogens is 314 g/mol. The molecule has 2 rings (SSSR count). The lowest BCUT2D eigenvalue weighted by Crippen LogP contribution is -2.08. The maximum atomic E-state index is 10.9. The summed E-state index contributed by atoms with van der Waals surface area (Å²) in [7, 11) is 0. The summed E-state index contributed by atoms with van der Waals surface area (Å²) >= 11 is 3.30. The van der Waals surface area contributed by atoms with Crippen LogP contribution in [-0.4, -0.2) is 19.7 Å². The molecule has 100 valence electrons. The van der Waals surface area contributed by atoms with E-state index in [2.05, 4.69) is 31.4 Å². The Morgan fingerprint density at radius 2 is 2.32 bits per heavy atom. The van der Waals surface area contributed by atoms with Crippen molar-refractivity contribution in [2.75, 3.05) is 5.32 Å². The fourth-order valence-electron chi connectivity index (χ4n) is 1.66. The lowest BCUT2D eigenvalue weighted by molar-refractivity contribution is -0.384. The fraction of sp³-hybridized carbons (Fsp3) is 0.273. The summed E-state index contributed by atoms with van der Waals surface area (Å²) in [6, 6.07) is 4.76. The largest absolute Gasteiger partial charge is 0.372 e. The van der Waals surface area contributed by atoms with Crippen LogP contribution in [0.1, 0.15) is 12.7 Å². The number of aromatic nitrogens is 3. The van der Waals surface area contributed by atoms with Crippen LogP contribution in [0, 0.1) is 10.1 Å². The predicted molar refractivity (Wildman–Crippen MR) is 73.8 cm³/mol. The van der Waals surface area contributed by atoms with Crippen LogP contribution in [0.25, 0.3) is 0 Å². The Labute approximate surface area is 117 Å². The van der Waals surface area contributed by atoms with Crippen LogP contribution in [-0.2, 0) is 13.1 Å². The van der Waals surface area contributed by atoms with Gasteiger partial charge in [-0.15, -0.1) is 10.2 Å². The van der Waals surface area contributed by atoms with Gasteiger partial charge in [0.15, 0.2) is 5.82 Å². The van der Waals surface area contributed by atoms with Gasteiger partial charge in [-0.3, -0.25) is 10.1 Å². The molecule has 0 unspecified atom stereocenters. The van der Waals surface area contributed by atoms with E-state index in [1.165, 1.54) is 6.07 Å². The molecule has 8 heteroatoms. The van der Waals surface area contributed by atoms with E-state index < -0.39 is 4.92 Å². The molecule has 7 nitrogen and oxygen atoms in total. The van der Waals surface area contributed by atoms with Gasteiger partial charge in [0.05, 0.1) is 11.5 Å². The molecule has 0 saturated heterocycles. The summed E-state index contributed by atoms with van der Waals surface area (Å²) in [6.07, 6.45) is 1.63. The van der Waals surface area contributed by atoms with Gasteiger partial charge >= 0.3 is 0 Å². The maximum Gasteiger partial charge on any atom is 0.292 e. The second-order valence-electron chi connectivity index (χ2n) is 3.81. The first kappa shape index (κ1) is 13.5. The van der Waals surface area contributed by atoms with Crippen molar-refractivity contribution in [3.8, 4) is 0 Å². The summed E-state index contributed by atoms with van der Waals surface area (Å²) in [5.41, 5.74) is 0.482. The molecule has 0 amide bonds. The van der Waals surface area contributed by atoms with Crippen molar-refractivity contribution in [2.24, 2.45) is 0 Å². The summed E-state index contributed by atoms with van der Waals surface area (Å²) in [5, 5.41) is 21.7. The Morgan fingerprint density at radius 1 is 1.53 bits per heavy atom. The van der Waals surface area contributed by atoms with E-state index in [4.69, 9.17) is 0 Å². The second-order valence-corrected chi connectivity index (χ2v) is 4.72. The highest BCUT2D eigenvalue weighted by Gasteiger charge is 2.14. The van der Waals surface area contributed by atoms with Gasteiger partial charge in [-0.1, -0.05) is 15.9 Å². The van der Waals surface area contributed by atoms with Crippen LogP contribution in [0.4, 0.5) is 11.4 Å². The molecule has 0 fully saturated rings. The van der Waals surface area contributed by atoms with E-state index in [0.717, 1.165) is 16.8 Å². The highest BCUT2D eigenvalue weighted by atomic mass is 79.9. The van der Waals surface area contributed by atoms with E-state index in [9.17, 15) is 10.1 Å². The van der Waals surface area contributed by atoms with Crippen LogP contribution in [0.5, 0.6) is 0 Å². The number of benzene rings is 1. The fourth-order valence-corrected chi connectivity index (χ4v) is 2.02. The molecule has 1 N–H and O–H groups in total. The molecule has 1 heterocycles. The summed E-state index contributed by atoms with van der Waals surface area (Å²) < 4.78 is 2.65. The number of aryl methyl sites for hydroxylation is 1. The summed E-state index contributed by atoms with van der Waals surface area (Å²) in [4.78, 5) is 10.5. The number of hydrogen-bond acceptors (Lipinski definition) is 5. The number of nitro benzene ring substituents is 1. The lowest BCUT2D eigenvalue weighted by Gasteiger charge is -2.08. The van der Waals surface area contributed by atoms with E-state index in [0.29, 0.717) is 12.2 Å². The van der Waals surface area contributed by atoms with Crippen molar-refractivity contribution in [1.29, 1.82) is 0 Å². The van der Waals surface area contributed by atoms with E-state index in [-0.39, 0.29) is 5.69 Å². The highest BCUT2D eigenvalue weighted by molar-refractivity contribution is 9.10. The van der Waals surface area contributed by atoms with Crippen molar-refractivity contribution in [1.82, 2.24) is 14.8 Å². The molecule has 1 aromatic carbocycles. The number of anilines is 1. The molecule has 0 aliphatic heterocycles. The van der Waals surface area contributed by atoms with Crippen LogP contribution < -0.4 is 5.32 Å². The minimum Gasteiger partial charge on any atom is -0.372 e. The summed E-state index contributed by atoms with van der Waals surface area (Å²) in [5.74, 6) is 0.733. The van der Waals surface area contributed by atoms with Gasteiger partial charge in [0, 0.05) is 17.1 Å². The Balaban J connectivity index is 2.19. The molecule has 0 radical (unpaired) electrons. The Bertz CT molecular complexity index is 599. The molecule has 0 spiro atoms. The molecule has 2 aromatic rings. The summed E-state index contributed by atoms with van der Waals surface area (Å²) in [6.45, 7) is 3.12. The third kappa shape index (κ3) is 3.08. The molecule has 1 aromatic heterocycles. The predicted octanol–water partition coefficient (Wildman–Crippen LogP) is 2.58. The SMILES string of the molecule is CCn1cnnc1CNc1cc(Br)ccc1[N+](=O)[O-]. The van der Waals surface area contributed by atoms with Gasteiger partial charge in [0.25, 0.3) is 5.69 Å². The monoisotopic (exact) mass is 325 g/mol. The molecule has 0 aliphatic rings. The highest BCUT2D eigenvalue weighted by Crippen LogP contribution is 2.28. The first-order valence-corrected chi connectivity index (χ1v) is 6.45. The van der Waals surface area contributed by atoms with Gasteiger partial charge in [-0.2, -0.15) is 0 Å². The van der Waals surface area contributed by atoms with Crippen molar-refractivity contribution in [3.05, 3.63) is 44.9 Å².